The molecule has 0 aromatic heterocycles. The molecule has 0 aliphatic carbocycles. The van der Waals surface area contributed by atoms with Gasteiger partial charge in [0.1, 0.15) is 11.6 Å². The molecule has 2 nitrogen and oxygen atoms in total. The lowest BCUT2D eigenvalue weighted by Crippen LogP contribution is -2.34. The van der Waals surface area contributed by atoms with Crippen LogP contribution in [0.2, 0.25) is 0 Å². The van der Waals surface area contributed by atoms with Gasteiger partial charge < -0.3 is 9.84 Å². The van der Waals surface area contributed by atoms with Gasteiger partial charge in [0.05, 0.1) is 12.7 Å². The highest BCUT2D eigenvalue weighted by Crippen LogP contribution is 2.33. The first-order valence-electron chi connectivity index (χ1n) is 5.40. The summed E-state index contributed by atoms with van der Waals surface area (Å²) in [5, 5.41) is 8.99. The van der Waals surface area contributed by atoms with Crippen LogP contribution in [0.4, 0.5) is 4.39 Å². The standard InChI is InChI=1S/C12H15FO2S/c13-9-6-10(8-14)15-12(7-9)16-11-4-2-1-3-5-11/h1-5,9-10,12,14H,6-8H2. The number of alkyl halides is 1. The Morgan fingerprint density at radius 1 is 1.31 bits per heavy atom. The highest BCUT2D eigenvalue weighted by molar-refractivity contribution is 7.99. The van der Waals surface area contributed by atoms with E-state index in [0.717, 1.165) is 4.90 Å². The lowest BCUT2D eigenvalue weighted by molar-refractivity contribution is -0.0594. The summed E-state index contributed by atoms with van der Waals surface area (Å²) in [6.45, 7) is -0.105. The van der Waals surface area contributed by atoms with E-state index in [0.29, 0.717) is 12.8 Å². The van der Waals surface area contributed by atoms with Crippen molar-refractivity contribution >= 4 is 11.8 Å². The number of hydrogen-bond acceptors (Lipinski definition) is 3. The molecule has 0 saturated carbocycles. The largest absolute Gasteiger partial charge is 0.394 e. The molecule has 3 unspecified atom stereocenters. The molecule has 4 heteroatoms. The van der Waals surface area contributed by atoms with Crippen molar-refractivity contribution in [1.82, 2.24) is 0 Å². The number of benzene rings is 1. The molecule has 1 aromatic rings. The molecular formula is C12H15FO2S. The predicted octanol–water partition coefficient (Wildman–Crippen LogP) is 2.61. The Labute approximate surface area is 98.8 Å². The fourth-order valence-electron chi connectivity index (χ4n) is 1.76. The van der Waals surface area contributed by atoms with E-state index in [1.807, 2.05) is 30.3 Å². The van der Waals surface area contributed by atoms with Crippen LogP contribution in [0, 0.1) is 0 Å². The molecule has 16 heavy (non-hydrogen) atoms. The molecule has 1 heterocycles. The minimum atomic E-state index is -0.868. The van der Waals surface area contributed by atoms with Gasteiger partial charge in [0, 0.05) is 17.7 Å². The van der Waals surface area contributed by atoms with Gasteiger partial charge in [-0.15, -0.1) is 0 Å². The van der Waals surface area contributed by atoms with Crippen LogP contribution in [0.3, 0.4) is 0 Å². The average Bonchev–Trinajstić information content (AvgIpc) is 2.29. The van der Waals surface area contributed by atoms with Crippen molar-refractivity contribution in [3.63, 3.8) is 0 Å². The molecule has 0 bridgehead atoms. The van der Waals surface area contributed by atoms with Gasteiger partial charge in [-0.1, -0.05) is 30.0 Å². The molecule has 1 fully saturated rings. The molecule has 0 spiro atoms. The Bertz CT molecular complexity index is 320. The maximum Gasteiger partial charge on any atom is 0.111 e. The van der Waals surface area contributed by atoms with Crippen LogP contribution < -0.4 is 0 Å². The van der Waals surface area contributed by atoms with Crippen LogP contribution in [0.1, 0.15) is 12.8 Å². The molecule has 1 aliphatic heterocycles. The Morgan fingerprint density at radius 2 is 2.06 bits per heavy atom. The first-order valence-corrected chi connectivity index (χ1v) is 6.28. The number of hydrogen-bond donors (Lipinski definition) is 1. The van der Waals surface area contributed by atoms with Gasteiger partial charge in [-0.2, -0.15) is 0 Å². The first-order chi connectivity index (χ1) is 7.78. The van der Waals surface area contributed by atoms with Gasteiger partial charge >= 0.3 is 0 Å². The van der Waals surface area contributed by atoms with E-state index >= 15 is 0 Å². The highest BCUT2D eigenvalue weighted by Gasteiger charge is 2.29. The lowest BCUT2D eigenvalue weighted by Gasteiger charge is -2.30. The Balaban J connectivity index is 1.94. The van der Waals surface area contributed by atoms with Crippen molar-refractivity contribution in [2.24, 2.45) is 0 Å². The van der Waals surface area contributed by atoms with Crippen molar-refractivity contribution in [2.75, 3.05) is 6.61 Å². The van der Waals surface area contributed by atoms with Gasteiger partial charge in [0.15, 0.2) is 0 Å². The van der Waals surface area contributed by atoms with E-state index in [1.165, 1.54) is 11.8 Å². The fourth-order valence-corrected chi connectivity index (χ4v) is 2.90. The summed E-state index contributed by atoms with van der Waals surface area (Å²) in [5.41, 5.74) is -0.191. The first kappa shape index (κ1) is 11.9. The van der Waals surface area contributed by atoms with E-state index in [4.69, 9.17) is 9.84 Å². The van der Waals surface area contributed by atoms with Crippen molar-refractivity contribution < 1.29 is 14.2 Å². The molecule has 1 aliphatic rings. The van der Waals surface area contributed by atoms with Crippen LogP contribution in [0.25, 0.3) is 0 Å². The van der Waals surface area contributed by atoms with Crippen LogP contribution in [-0.4, -0.2) is 29.4 Å². The minimum absolute atomic E-state index is 0.105. The summed E-state index contributed by atoms with van der Waals surface area (Å²) in [4.78, 5) is 1.07. The molecule has 3 atom stereocenters. The molecule has 0 radical (unpaired) electrons. The second kappa shape index (κ2) is 5.66. The van der Waals surface area contributed by atoms with Gasteiger partial charge in [0.2, 0.25) is 0 Å². The van der Waals surface area contributed by atoms with Crippen molar-refractivity contribution in [1.29, 1.82) is 0 Å². The third-order valence-electron chi connectivity index (χ3n) is 2.53. The van der Waals surface area contributed by atoms with E-state index < -0.39 is 6.17 Å². The number of thioether (sulfide) groups is 1. The van der Waals surface area contributed by atoms with E-state index in [2.05, 4.69) is 0 Å². The Kier molecular flexibility index (Phi) is 4.21. The summed E-state index contributed by atoms with van der Waals surface area (Å²) in [7, 11) is 0. The molecule has 88 valence electrons. The lowest BCUT2D eigenvalue weighted by atomic mass is 10.1. The normalized spacial score (nSPS) is 30.2. The highest BCUT2D eigenvalue weighted by atomic mass is 32.2. The van der Waals surface area contributed by atoms with E-state index in [1.54, 1.807) is 0 Å². The zero-order chi connectivity index (χ0) is 11.4. The monoisotopic (exact) mass is 242 g/mol. The average molecular weight is 242 g/mol. The molecule has 0 amide bonds. The Hall–Kier alpha value is -0.580. The quantitative estimate of drug-likeness (QED) is 0.883. The van der Waals surface area contributed by atoms with Crippen molar-refractivity contribution in [3.05, 3.63) is 30.3 Å². The molecule has 1 aromatic carbocycles. The van der Waals surface area contributed by atoms with Gasteiger partial charge in [-0.05, 0) is 12.1 Å². The second-order valence-corrected chi connectivity index (χ2v) is 5.10. The fraction of sp³-hybridized carbons (Fsp3) is 0.500. The van der Waals surface area contributed by atoms with Gasteiger partial charge in [0.25, 0.3) is 0 Å². The zero-order valence-electron chi connectivity index (χ0n) is 8.88. The number of aliphatic hydroxyl groups excluding tert-OH is 1. The van der Waals surface area contributed by atoms with E-state index in [9.17, 15) is 4.39 Å². The van der Waals surface area contributed by atoms with E-state index in [-0.39, 0.29) is 18.1 Å². The smallest absolute Gasteiger partial charge is 0.111 e. The number of halogens is 1. The third kappa shape index (κ3) is 3.20. The second-order valence-electron chi connectivity index (χ2n) is 3.87. The van der Waals surface area contributed by atoms with Gasteiger partial charge in [-0.25, -0.2) is 4.39 Å². The Morgan fingerprint density at radius 3 is 2.75 bits per heavy atom. The molecule has 1 N–H and O–H groups in total. The predicted molar refractivity (Wildman–Crippen MR) is 62.2 cm³/mol. The number of rotatable bonds is 3. The topological polar surface area (TPSA) is 29.5 Å². The summed E-state index contributed by atoms with van der Waals surface area (Å²) < 4.78 is 19.0. The maximum atomic E-state index is 13.4. The van der Waals surface area contributed by atoms with Gasteiger partial charge in [-0.3, -0.25) is 0 Å². The van der Waals surface area contributed by atoms with Crippen molar-refractivity contribution in [3.8, 4) is 0 Å². The van der Waals surface area contributed by atoms with Crippen LogP contribution >= 0.6 is 11.8 Å². The van der Waals surface area contributed by atoms with Crippen LogP contribution in [-0.2, 0) is 4.74 Å². The maximum absolute atomic E-state index is 13.4. The summed E-state index contributed by atoms with van der Waals surface area (Å²) >= 11 is 1.51. The van der Waals surface area contributed by atoms with Crippen molar-refractivity contribution in [2.45, 2.75) is 35.4 Å². The SMILES string of the molecule is OCC1CC(F)CC(Sc2ccccc2)O1. The zero-order valence-corrected chi connectivity index (χ0v) is 9.70. The summed E-state index contributed by atoms with van der Waals surface area (Å²) in [6, 6.07) is 9.79. The summed E-state index contributed by atoms with van der Waals surface area (Å²) in [6.07, 6.45) is -0.518. The summed E-state index contributed by atoms with van der Waals surface area (Å²) in [5.74, 6) is 0. The number of aliphatic hydroxyl groups is 1. The van der Waals surface area contributed by atoms with Crippen LogP contribution in [0.5, 0.6) is 0 Å². The molecule has 2 rings (SSSR count). The number of ether oxygens (including phenoxy) is 1. The minimum Gasteiger partial charge on any atom is -0.394 e. The molecular weight excluding hydrogens is 227 g/mol. The van der Waals surface area contributed by atoms with Crippen LogP contribution in [0.15, 0.2) is 35.2 Å². The molecule has 1 saturated heterocycles. The third-order valence-corrected chi connectivity index (χ3v) is 3.64.